The third-order valence-electron chi connectivity index (χ3n) is 7.70. The van der Waals surface area contributed by atoms with E-state index in [1.807, 2.05) is 29.2 Å². The van der Waals surface area contributed by atoms with E-state index in [-0.39, 0.29) is 11.9 Å². The van der Waals surface area contributed by atoms with Gasteiger partial charge in [0.1, 0.15) is 11.5 Å². The lowest BCUT2D eigenvalue weighted by Crippen LogP contribution is -2.53. The van der Waals surface area contributed by atoms with Crippen LogP contribution in [0, 0.1) is 34.6 Å². The minimum Gasteiger partial charge on any atom is -0.497 e. The minimum absolute atomic E-state index is 0.0304. The Morgan fingerprint density at radius 1 is 0.912 bits per heavy atom. The first kappa shape index (κ1) is 23.9. The van der Waals surface area contributed by atoms with Crippen LogP contribution in [0.4, 0.5) is 5.69 Å². The SMILES string of the molecule is COc1ccc(N2CCN(C(=O)c3ccc(Cc4c(C)c(C)c(C)c(C)c4C)o3)CC2C)cc1. The second kappa shape index (κ2) is 9.57. The van der Waals surface area contributed by atoms with Crippen LogP contribution in [0.15, 0.2) is 40.8 Å². The first-order valence-electron chi connectivity index (χ1n) is 12.1. The summed E-state index contributed by atoms with van der Waals surface area (Å²) in [5.74, 6) is 2.08. The van der Waals surface area contributed by atoms with Crippen molar-refractivity contribution in [3.8, 4) is 5.75 Å². The van der Waals surface area contributed by atoms with E-state index in [0.717, 1.165) is 23.7 Å². The molecule has 3 aromatic rings. The van der Waals surface area contributed by atoms with Crippen LogP contribution in [0.5, 0.6) is 5.75 Å². The molecule has 4 rings (SSSR count). The topological polar surface area (TPSA) is 45.9 Å². The summed E-state index contributed by atoms with van der Waals surface area (Å²) >= 11 is 0. The Labute approximate surface area is 203 Å². The molecular weight excluding hydrogens is 424 g/mol. The van der Waals surface area contributed by atoms with Crippen LogP contribution in [0.25, 0.3) is 0 Å². The molecule has 1 aromatic heterocycles. The van der Waals surface area contributed by atoms with Gasteiger partial charge in [-0.3, -0.25) is 4.79 Å². The van der Waals surface area contributed by atoms with Crippen molar-refractivity contribution < 1.29 is 13.9 Å². The molecule has 0 aliphatic carbocycles. The van der Waals surface area contributed by atoms with Crippen molar-refractivity contribution in [2.24, 2.45) is 0 Å². The molecule has 1 unspecified atom stereocenters. The monoisotopic (exact) mass is 460 g/mol. The zero-order valence-corrected chi connectivity index (χ0v) is 21.5. The van der Waals surface area contributed by atoms with Gasteiger partial charge in [-0.2, -0.15) is 0 Å². The fraction of sp³-hybridized carbons (Fsp3) is 0.414. The lowest BCUT2D eigenvalue weighted by atomic mass is 9.88. The molecule has 0 N–H and O–H groups in total. The van der Waals surface area contributed by atoms with Crippen LogP contribution < -0.4 is 9.64 Å². The zero-order valence-electron chi connectivity index (χ0n) is 21.5. The number of methoxy groups -OCH3 is 1. The van der Waals surface area contributed by atoms with E-state index in [0.29, 0.717) is 25.3 Å². The molecule has 1 amide bonds. The van der Waals surface area contributed by atoms with Crippen molar-refractivity contribution in [3.05, 3.63) is 81.3 Å². The molecule has 34 heavy (non-hydrogen) atoms. The summed E-state index contributed by atoms with van der Waals surface area (Å²) in [4.78, 5) is 17.5. The van der Waals surface area contributed by atoms with Gasteiger partial charge in [-0.05, 0) is 111 Å². The van der Waals surface area contributed by atoms with Crippen LogP contribution in [-0.2, 0) is 6.42 Å². The van der Waals surface area contributed by atoms with Gasteiger partial charge in [0.2, 0.25) is 0 Å². The Bertz CT molecular complexity index is 1160. The fourth-order valence-electron chi connectivity index (χ4n) is 5.06. The Morgan fingerprint density at radius 2 is 1.53 bits per heavy atom. The van der Waals surface area contributed by atoms with E-state index in [9.17, 15) is 4.79 Å². The first-order valence-corrected chi connectivity index (χ1v) is 12.1. The normalized spacial score (nSPS) is 16.1. The number of furan rings is 1. The van der Waals surface area contributed by atoms with Crippen LogP contribution in [0.1, 0.15) is 56.6 Å². The molecule has 0 bridgehead atoms. The number of hydrogen-bond acceptors (Lipinski definition) is 4. The van der Waals surface area contributed by atoms with E-state index in [2.05, 4.69) is 58.6 Å². The summed E-state index contributed by atoms with van der Waals surface area (Å²) in [5.41, 5.74) is 9.11. The maximum Gasteiger partial charge on any atom is 0.289 e. The summed E-state index contributed by atoms with van der Waals surface area (Å²) in [6.07, 6.45) is 0.703. The van der Waals surface area contributed by atoms with Gasteiger partial charge in [-0.1, -0.05) is 0 Å². The predicted octanol–water partition coefficient (Wildman–Crippen LogP) is 5.77. The van der Waals surface area contributed by atoms with Crippen LogP contribution in [0.3, 0.4) is 0 Å². The van der Waals surface area contributed by atoms with Crippen LogP contribution in [-0.4, -0.2) is 43.6 Å². The lowest BCUT2D eigenvalue weighted by Gasteiger charge is -2.41. The molecule has 1 saturated heterocycles. The lowest BCUT2D eigenvalue weighted by molar-refractivity contribution is 0.0692. The predicted molar refractivity (Wildman–Crippen MR) is 137 cm³/mol. The van der Waals surface area contributed by atoms with Gasteiger partial charge >= 0.3 is 0 Å². The van der Waals surface area contributed by atoms with Crippen molar-refractivity contribution in [1.29, 1.82) is 0 Å². The molecule has 5 nitrogen and oxygen atoms in total. The maximum absolute atomic E-state index is 13.2. The number of hydrogen-bond donors (Lipinski definition) is 0. The average Bonchev–Trinajstić information content (AvgIpc) is 3.32. The minimum atomic E-state index is -0.0304. The van der Waals surface area contributed by atoms with Crippen LogP contribution >= 0.6 is 0 Å². The third-order valence-corrected chi connectivity index (χ3v) is 7.70. The zero-order chi connectivity index (χ0) is 24.6. The molecule has 0 spiro atoms. The Kier molecular flexibility index (Phi) is 6.74. The summed E-state index contributed by atoms with van der Waals surface area (Å²) in [5, 5.41) is 0. The van der Waals surface area contributed by atoms with Gasteiger partial charge in [-0.15, -0.1) is 0 Å². The number of nitrogens with zero attached hydrogens (tertiary/aromatic N) is 2. The third kappa shape index (κ3) is 4.44. The number of ether oxygens (including phenoxy) is 1. The van der Waals surface area contributed by atoms with Crippen molar-refractivity contribution in [2.45, 2.75) is 54.0 Å². The number of piperazine rings is 1. The van der Waals surface area contributed by atoms with Crippen molar-refractivity contribution >= 4 is 11.6 Å². The van der Waals surface area contributed by atoms with Gasteiger partial charge in [-0.25, -0.2) is 0 Å². The molecule has 2 heterocycles. The van der Waals surface area contributed by atoms with Gasteiger partial charge in [0.15, 0.2) is 5.76 Å². The van der Waals surface area contributed by atoms with Crippen molar-refractivity contribution in [3.63, 3.8) is 0 Å². The Balaban J connectivity index is 1.45. The Hall–Kier alpha value is -3.21. The highest BCUT2D eigenvalue weighted by Crippen LogP contribution is 2.29. The largest absolute Gasteiger partial charge is 0.497 e. The molecular formula is C29H36N2O3. The van der Waals surface area contributed by atoms with Gasteiger partial charge in [0.05, 0.1) is 7.11 Å². The molecule has 0 radical (unpaired) electrons. The standard InChI is InChI=1S/C29H36N2O3/c1-18-17-30(14-15-31(18)24-8-10-25(33-7)11-9-24)29(32)28-13-12-26(34-28)16-27-22(5)20(3)19(2)21(4)23(27)6/h8-13,18H,14-17H2,1-7H3. The van der Waals surface area contributed by atoms with Gasteiger partial charge in [0, 0.05) is 37.8 Å². The molecule has 180 valence electrons. The molecule has 1 aliphatic heterocycles. The quantitative estimate of drug-likeness (QED) is 0.485. The summed E-state index contributed by atoms with van der Waals surface area (Å²) in [7, 11) is 1.67. The summed E-state index contributed by atoms with van der Waals surface area (Å²) in [6, 6.07) is 12.1. The maximum atomic E-state index is 13.2. The van der Waals surface area contributed by atoms with Crippen LogP contribution in [0.2, 0.25) is 0 Å². The number of rotatable bonds is 5. The number of carbonyl (C=O) groups excluding carboxylic acids is 1. The first-order chi connectivity index (χ1) is 16.2. The fourth-order valence-corrected chi connectivity index (χ4v) is 5.06. The summed E-state index contributed by atoms with van der Waals surface area (Å²) < 4.78 is 11.3. The van der Waals surface area contributed by atoms with E-state index in [1.54, 1.807) is 7.11 Å². The van der Waals surface area contributed by atoms with E-state index >= 15 is 0 Å². The van der Waals surface area contributed by atoms with Crippen molar-refractivity contribution in [2.75, 3.05) is 31.6 Å². The second-order valence-electron chi connectivity index (χ2n) is 9.54. The Morgan fingerprint density at radius 3 is 2.12 bits per heavy atom. The van der Waals surface area contributed by atoms with Gasteiger partial charge < -0.3 is 19.0 Å². The smallest absolute Gasteiger partial charge is 0.289 e. The summed E-state index contributed by atoms with van der Waals surface area (Å²) in [6.45, 7) is 15.2. The average molecular weight is 461 g/mol. The molecule has 1 atom stereocenters. The molecule has 0 saturated carbocycles. The van der Waals surface area contributed by atoms with Gasteiger partial charge in [0.25, 0.3) is 5.91 Å². The second-order valence-corrected chi connectivity index (χ2v) is 9.54. The molecule has 1 fully saturated rings. The van der Waals surface area contributed by atoms with E-state index in [1.165, 1.54) is 33.4 Å². The van der Waals surface area contributed by atoms with Crippen molar-refractivity contribution in [1.82, 2.24) is 4.90 Å². The highest BCUT2D eigenvalue weighted by molar-refractivity contribution is 5.91. The highest BCUT2D eigenvalue weighted by atomic mass is 16.5. The van der Waals surface area contributed by atoms with E-state index < -0.39 is 0 Å². The number of anilines is 1. The molecule has 2 aromatic carbocycles. The number of amides is 1. The molecule has 5 heteroatoms. The van der Waals surface area contributed by atoms with E-state index in [4.69, 9.17) is 9.15 Å². The molecule has 1 aliphatic rings. The number of benzene rings is 2. The number of carbonyl (C=O) groups is 1. The highest BCUT2D eigenvalue weighted by Gasteiger charge is 2.29.